The maximum atomic E-state index is 12.0. The minimum absolute atomic E-state index is 0.0497. The molecule has 0 fully saturated rings. The van der Waals surface area contributed by atoms with E-state index in [1.54, 1.807) is 0 Å². The summed E-state index contributed by atoms with van der Waals surface area (Å²) in [6.45, 7) is -0.0884. The van der Waals surface area contributed by atoms with Crippen molar-refractivity contribution in [1.29, 1.82) is 0 Å². The summed E-state index contributed by atoms with van der Waals surface area (Å²) in [5.74, 6) is -2.37. The molecule has 0 aliphatic carbocycles. The van der Waals surface area contributed by atoms with Gasteiger partial charge in [0.1, 0.15) is 30.2 Å². The van der Waals surface area contributed by atoms with E-state index < -0.39 is 22.7 Å². The normalized spacial score (nSPS) is 10.3. The standard InChI is InChI=1S/C13H15N7O6/c1-18-11(9(5-16-18)13(23)24)12(22)15-3-2-14-10(21)7-19-6-8(4-17-19)20(25)26/h4-6H,2-3,7H2,1H3,(H,14,21)(H,15,22)(H,23,24). The second-order valence-electron chi connectivity index (χ2n) is 5.09. The smallest absolute Gasteiger partial charge is 0.339 e. The van der Waals surface area contributed by atoms with Gasteiger partial charge in [-0.05, 0) is 0 Å². The Morgan fingerprint density at radius 1 is 1.23 bits per heavy atom. The number of aryl methyl sites for hydroxylation is 1. The zero-order chi connectivity index (χ0) is 19.3. The van der Waals surface area contributed by atoms with Gasteiger partial charge in [0, 0.05) is 20.1 Å². The number of carbonyl (C=O) groups excluding carboxylic acids is 2. The number of nitrogens with zero attached hydrogens (tertiary/aromatic N) is 5. The molecule has 26 heavy (non-hydrogen) atoms. The highest BCUT2D eigenvalue weighted by Crippen LogP contribution is 2.08. The molecule has 0 spiro atoms. The monoisotopic (exact) mass is 365 g/mol. The van der Waals surface area contributed by atoms with E-state index in [4.69, 9.17) is 5.11 Å². The summed E-state index contributed by atoms with van der Waals surface area (Å²) in [6, 6.07) is 0. The highest BCUT2D eigenvalue weighted by molar-refractivity contribution is 6.03. The van der Waals surface area contributed by atoms with Crippen molar-refractivity contribution in [2.75, 3.05) is 13.1 Å². The Hall–Kier alpha value is -3.77. The second kappa shape index (κ2) is 7.87. The topological polar surface area (TPSA) is 174 Å². The lowest BCUT2D eigenvalue weighted by atomic mass is 10.2. The van der Waals surface area contributed by atoms with E-state index in [1.165, 1.54) is 7.05 Å². The van der Waals surface area contributed by atoms with Crippen molar-refractivity contribution in [1.82, 2.24) is 30.2 Å². The highest BCUT2D eigenvalue weighted by Gasteiger charge is 2.21. The summed E-state index contributed by atoms with van der Waals surface area (Å²) in [6.07, 6.45) is 3.22. The number of carboxylic acids is 1. The van der Waals surface area contributed by atoms with E-state index in [1.807, 2.05) is 0 Å². The fraction of sp³-hybridized carbons (Fsp3) is 0.308. The summed E-state index contributed by atoms with van der Waals surface area (Å²) in [5.41, 5.74) is -0.558. The average Bonchev–Trinajstić information content (AvgIpc) is 3.18. The van der Waals surface area contributed by atoms with E-state index >= 15 is 0 Å². The summed E-state index contributed by atoms with van der Waals surface area (Å²) in [7, 11) is 1.44. The molecule has 0 saturated carbocycles. The first-order valence-electron chi connectivity index (χ1n) is 7.26. The molecule has 2 aromatic rings. The third kappa shape index (κ3) is 4.40. The second-order valence-corrected chi connectivity index (χ2v) is 5.09. The van der Waals surface area contributed by atoms with Crippen LogP contribution >= 0.6 is 0 Å². The number of aromatic carboxylic acids is 1. The maximum Gasteiger partial charge on any atom is 0.339 e. The Morgan fingerprint density at radius 3 is 2.54 bits per heavy atom. The number of hydrogen-bond donors (Lipinski definition) is 3. The Balaban J connectivity index is 1.78. The summed E-state index contributed by atoms with van der Waals surface area (Å²) >= 11 is 0. The first kappa shape index (κ1) is 18.6. The lowest BCUT2D eigenvalue weighted by molar-refractivity contribution is -0.385. The van der Waals surface area contributed by atoms with Crippen molar-refractivity contribution in [2.45, 2.75) is 6.54 Å². The van der Waals surface area contributed by atoms with Crippen molar-refractivity contribution in [2.24, 2.45) is 7.05 Å². The van der Waals surface area contributed by atoms with Gasteiger partial charge in [0.25, 0.3) is 5.91 Å². The molecule has 0 saturated heterocycles. The van der Waals surface area contributed by atoms with E-state index in [0.717, 1.165) is 28.0 Å². The number of carbonyl (C=O) groups is 3. The van der Waals surface area contributed by atoms with Gasteiger partial charge in [-0.25, -0.2) is 4.79 Å². The van der Waals surface area contributed by atoms with Crippen molar-refractivity contribution in [3.8, 4) is 0 Å². The van der Waals surface area contributed by atoms with Crippen LogP contribution in [0.2, 0.25) is 0 Å². The van der Waals surface area contributed by atoms with Crippen LogP contribution in [-0.4, -0.2) is 60.5 Å². The largest absolute Gasteiger partial charge is 0.478 e. The molecular weight excluding hydrogens is 350 g/mol. The molecule has 0 atom stereocenters. The lowest BCUT2D eigenvalue weighted by Crippen LogP contribution is -2.37. The molecule has 0 aromatic carbocycles. The van der Waals surface area contributed by atoms with Gasteiger partial charge >= 0.3 is 11.7 Å². The Morgan fingerprint density at radius 2 is 1.92 bits per heavy atom. The quantitative estimate of drug-likeness (QED) is 0.296. The van der Waals surface area contributed by atoms with E-state index in [-0.39, 0.29) is 36.6 Å². The van der Waals surface area contributed by atoms with Crippen molar-refractivity contribution in [3.63, 3.8) is 0 Å². The molecule has 0 bridgehead atoms. The molecule has 2 heterocycles. The third-order valence-electron chi connectivity index (χ3n) is 3.25. The minimum Gasteiger partial charge on any atom is -0.478 e. The molecule has 0 radical (unpaired) electrons. The van der Waals surface area contributed by atoms with Crippen LogP contribution in [0.25, 0.3) is 0 Å². The van der Waals surface area contributed by atoms with Crippen LogP contribution in [0, 0.1) is 10.1 Å². The van der Waals surface area contributed by atoms with Crippen LogP contribution in [0.1, 0.15) is 20.8 Å². The van der Waals surface area contributed by atoms with E-state index in [0.29, 0.717) is 0 Å². The van der Waals surface area contributed by atoms with Crippen LogP contribution in [0.5, 0.6) is 0 Å². The average molecular weight is 365 g/mol. The molecule has 0 unspecified atom stereocenters. The number of nitro groups is 1. The number of carboxylic acid groups (broad SMARTS) is 1. The predicted molar refractivity (Wildman–Crippen MR) is 84.4 cm³/mol. The molecule has 0 aliphatic rings. The molecule has 13 heteroatoms. The number of aromatic nitrogens is 4. The minimum atomic E-state index is -1.27. The zero-order valence-corrected chi connectivity index (χ0v) is 13.6. The van der Waals surface area contributed by atoms with Gasteiger partial charge in [-0.15, -0.1) is 0 Å². The van der Waals surface area contributed by atoms with Crippen LogP contribution in [0.3, 0.4) is 0 Å². The lowest BCUT2D eigenvalue weighted by Gasteiger charge is -2.08. The third-order valence-corrected chi connectivity index (χ3v) is 3.25. The SMILES string of the molecule is Cn1ncc(C(=O)O)c1C(=O)NCCNC(=O)Cn1cc([N+](=O)[O-])cn1. The number of amides is 2. The molecule has 2 rings (SSSR count). The number of nitrogens with one attached hydrogen (secondary N) is 2. The van der Waals surface area contributed by atoms with Gasteiger partial charge < -0.3 is 15.7 Å². The van der Waals surface area contributed by atoms with Gasteiger partial charge in [-0.1, -0.05) is 0 Å². The van der Waals surface area contributed by atoms with Gasteiger partial charge in [-0.3, -0.25) is 29.1 Å². The molecule has 3 N–H and O–H groups in total. The maximum absolute atomic E-state index is 12.0. The predicted octanol–water partition coefficient (Wildman–Crippen LogP) is -1.23. The van der Waals surface area contributed by atoms with Crippen LogP contribution in [0.15, 0.2) is 18.6 Å². The Bertz CT molecular complexity index is 855. The first-order valence-corrected chi connectivity index (χ1v) is 7.26. The molecule has 13 nitrogen and oxygen atoms in total. The Kier molecular flexibility index (Phi) is 5.62. The zero-order valence-electron chi connectivity index (χ0n) is 13.6. The first-order chi connectivity index (χ1) is 12.3. The van der Waals surface area contributed by atoms with E-state index in [9.17, 15) is 24.5 Å². The summed E-state index contributed by atoms with van der Waals surface area (Å²) in [5, 5.41) is 31.9. The summed E-state index contributed by atoms with van der Waals surface area (Å²) in [4.78, 5) is 44.7. The fourth-order valence-electron chi connectivity index (χ4n) is 2.06. The van der Waals surface area contributed by atoms with Gasteiger partial charge in [0.2, 0.25) is 5.91 Å². The van der Waals surface area contributed by atoms with Crippen molar-refractivity contribution < 1.29 is 24.4 Å². The van der Waals surface area contributed by atoms with Crippen LogP contribution in [-0.2, 0) is 18.4 Å². The molecule has 2 amide bonds. The van der Waals surface area contributed by atoms with Crippen molar-refractivity contribution >= 4 is 23.5 Å². The molecular formula is C13H15N7O6. The van der Waals surface area contributed by atoms with Gasteiger partial charge in [0.15, 0.2) is 0 Å². The van der Waals surface area contributed by atoms with Crippen LogP contribution < -0.4 is 10.6 Å². The van der Waals surface area contributed by atoms with Crippen LogP contribution in [0.4, 0.5) is 5.69 Å². The van der Waals surface area contributed by atoms with E-state index in [2.05, 4.69) is 20.8 Å². The number of hydrogen-bond acceptors (Lipinski definition) is 7. The molecule has 2 aromatic heterocycles. The summed E-state index contributed by atoms with van der Waals surface area (Å²) < 4.78 is 2.25. The molecule has 138 valence electrons. The highest BCUT2D eigenvalue weighted by atomic mass is 16.6. The Labute approximate surface area is 145 Å². The van der Waals surface area contributed by atoms with Gasteiger partial charge in [-0.2, -0.15) is 10.2 Å². The fourth-order valence-corrected chi connectivity index (χ4v) is 2.06. The van der Waals surface area contributed by atoms with Crippen molar-refractivity contribution in [3.05, 3.63) is 40.0 Å². The molecule has 0 aliphatic heterocycles. The number of rotatable bonds is 8. The van der Waals surface area contributed by atoms with Gasteiger partial charge in [0.05, 0.1) is 11.1 Å².